The largest absolute Gasteiger partial charge is 0.488 e. The maximum Gasteiger partial charge on any atom is 0.261 e. The normalized spacial score (nSPS) is 17.1. The molecule has 0 radical (unpaired) electrons. The number of imide groups is 1. The van der Waals surface area contributed by atoms with Crippen LogP contribution in [0.1, 0.15) is 31.8 Å². The zero-order valence-corrected chi connectivity index (χ0v) is 17.2. The van der Waals surface area contributed by atoms with Crippen molar-refractivity contribution in [1.82, 2.24) is 9.80 Å². The molecule has 0 aliphatic carbocycles. The summed E-state index contributed by atoms with van der Waals surface area (Å²) in [6, 6.07) is 25.4. The minimum Gasteiger partial charge on any atom is -0.488 e. The Bertz CT molecular complexity index is 1050. The number of ether oxygens (including phenoxy) is 1. The molecule has 3 aromatic rings. The molecule has 1 unspecified atom stereocenters. The second-order valence-electron chi connectivity index (χ2n) is 8.08. The number of carbonyl (C=O) groups is 2. The molecule has 3 aromatic carbocycles. The first-order valence-corrected chi connectivity index (χ1v) is 10.6. The standard InChI is InChI=1S/C26H24N2O3/c29-25-22-11-5-6-12-23(22)26(30)28(25)15-14-27(17-19-8-2-1-3-9-19)18-21-16-20-10-4-7-13-24(20)31-21/h1-13,21H,14-18H2. The van der Waals surface area contributed by atoms with Crippen molar-refractivity contribution in [2.75, 3.05) is 19.6 Å². The summed E-state index contributed by atoms with van der Waals surface area (Å²) in [6.07, 6.45) is 0.928. The summed E-state index contributed by atoms with van der Waals surface area (Å²) in [6.45, 7) is 2.42. The molecule has 156 valence electrons. The van der Waals surface area contributed by atoms with Crippen molar-refractivity contribution >= 4 is 11.8 Å². The highest BCUT2D eigenvalue weighted by Gasteiger charge is 2.35. The highest BCUT2D eigenvalue weighted by molar-refractivity contribution is 6.21. The lowest BCUT2D eigenvalue weighted by Crippen LogP contribution is -2.41. The fourth-order valence-electron chi connectivity index (χ4n) is 4.40. The van der Waals surface area contributed by atoms with E-state index in [0.29, 0.717) is 24.2 Å². The van der Waals surface area contributed by atoms with Gasteiger partial charge in [-0.1, -0.05) is 60.7 Å². The number of hydrogen-bond acceptors (Lipinski definition) is 4. The Morgan fingerprint density at radius 3 is 2.19 bits per heavy atom. The Labute approximate surface area is 181 Å². The summed E-state index contributed by atoms with van der Waals surface area (Å²) in [5.74, 6) is 0.544. The number of amides is 2. The molecule has 5 heteroatoms. The molecule has 0 N–H and O–H groups in total. The van der Waals surface area contributed by atoms with Gasteiger partial charge in [-0.25, -0.2) is 0 Å². The van der Waals surface area contributed by atoms with Crippen LogP contribution in [0.4, 0.5) is 0 Å². The van der Waals surface area contributed by atoms with Gasteiger partial charge in [0.05, 0.1) is 11.1 Å². The molecule has 0 saturated carbocycles. The molecule has 0 bridgehead atoms. The predicted octanol–water partition coefficient (Wildman–Crippen LogP) is 3.79. The summed E-state index contributed by atoms with van der Waals surface area (Å²) >= 11 is 0. The summed E-state index contributed by atoms with van der Waals surface area (Å²) in [4.78, 5) is 29.1. The fourth-order valence-corrected chi connectivity index (χ4v) is 4.40. The summed E-state index contributed by atoms with van der Waals surface area (Å²) in [7, 11) is 0. The number of carbonyl (C=O) groups excluding carboxylic acids is 2. The number of nitrogens with zero attached hydrogens (tertiary/aromatic N) is 2. The lowest BCUT2D eigenvalue weighted by molar-refractivity contribution is 0.0622. The second-order valence-corrected chi connectivity index (χ2v) is 8.08. The van der Waals surface area contributed by atoms with Gasteiger partial charge >= 0.3 is 0 Å². The zero-order chi connectivity index (χ0) is 21.2. The van der Waals surface area contributed by atoms with E-state index in [4.69, 9.17) is 4.74 Å². The fraction of sp³-hybridized carbons (Fsp3) is 0.231. The third kappa shape index (κ3) is 3.97. The second kappa shape index (κ2) is 8.36. The summed E-state index contributed by atoms with van der Waals surface area (Å²) in [5.41, 5.74) is 3.42. The Morgan fingerprint density at radius 2 is 1.48 bits per heavy atom. The zero-order valence-electron chi connectivity index (χ0n) is 17.2. The Hall–Kier alpha value is -3.44. The van der Waals surface area contributed by atoms with Crippen LogP contribution >= 0.6 is 0 Å². The van der Waals surface area contributed by atoms with Gasteiger partial charge in [-0.15, -0.1) is 0 Å². The third-order valence-corrected chi connectivity index (χ3v) is 5.94. The van der Waals surface area contributed by atoms with Crippen LogP contribution in [-0.2, 0) is 13.0 Å². The maximum atomic E-state index is 12.7. The van der Waals surface area contributed by atoms with E-state index in [0.717, 1.165) is 25.3 Å². The van der Waals surface area contributed by atoms with Gasteiger partial charge < -0.3 is 4.74 Å². The van der Waals surface area contributed by atoms with Gasteiger partial charge in [0.15, 0.2) is 0 Å². The highest BCUT2D eigenvalue weighted by Crippen LogP contribution is 2.29. The first kappa shape index (κ1) is 19.5. The number of hydrogen-bond donors (Lipinski definition) is 0. The van der Waals surface area contributed by atoms with Crippen LogP contribution in [0.3, 0.4) is 0 Å². The molecule has 2 aliphatic heterocycles. The maximum absolute atomic E-state index is 12.7. The summed E-state index contributed by atoms with van der Waals surface area (Å²) < 4.78 is 6.15. The number of fused-ring (bicyclic) bond motifs is 2. The van der Waals surface area contributed by atoms with Crippen LogP contribution < -0.4 is 4.74 Å². The van der Waals surface area contributed by atoms with Gasteiger partial charge in [0.2, 0.25) is 0 Å². The Morgan fingerprint density at radius 1 is 0.839 bits per heavy atom. The predicted molar refractivity (Wildman–Crippen MR) is 118 cm³/mol. The minimum absolute atomic E-state index is 0.0586. The molecule has 2 aliphatic rings. The average Bonchev–Trinajstić information content (AvgIpc) is 3.31. The molecule has 1 atom stereocenters. The molecular weight excluding hydrogens is 388 g/mol. The SMILES string of the molecule is O=C1c2ccccc2C(=O)N1CCN(Cc1ccccc1)CC1Cc2ccccc2O1. The number of benzene rings is 3. The van der Waals surface area contributed by atoms with Gasteiger partial charge in [0.1, 0.15) is 11.9 Å². The van der Waals surface area contributed by atoms with Crippen LogP contribution in [0.5, 0.6) is 5.75 Å². The molecule has 0 saturated heterocycles. The number of rotatable bonds is 7. The third-order valence-electron chi connectivity index (χ3n) is 5.94. The first-order chi connectivity index (χ1) is 15.2. The van der Waals surface area contributed by atoms with Gasteiger partial charge in [-0.2, -0.15) is 0 Å². The van der Waals surface area contributed by atoms with E-state index in [1.165, 1.54) is 16.0 Å². The van der Waals surface area contributed by atoms with Crippen molar-refractivity contribution in [3.05, 3.63) is 101 Å². The van der Waals surface area contributed by atoms with Crippen molar-refractivity contribution in [1.29, 1.82) is 0 Å². The van der Waals surface area contributed by atoms with E-state index in [1.54, 1.807) is 24.3 Å². The first-order valence-electron chi connectivity index (χ1n) is 10.6. The quantitative estimate of drug-likeness (QED) is 0.554. The number of para-hydroxylation sites is 1. The summed E-state index contributed by atoms with van der Waals surface area (Å²) in [5, 5.41) is 0. The monoisotopic (exact) mass is 412 g/mol. The molecule has 2 heterocycles. The molecule has 0 aromatic heterocycles. The van der Waals surface area contributed by atoms with E-state index in [1.807, 2.05) is 36.4 Å². The van der Waals surface area contributed by atoms with Crippen molar-refractivity contribution < 1.29 is 14.3 Å². The average molecular weight is 412 g/mol. The lowest BCUT2D eigenvalue weighted by atomic mass is 10.1. The molecule has 0 spiro atoms. The Balaban J connectivity index is 1.29. The van der Waals surface area contributed by atoms with Crippen LogP contribution in [0, 0.1) is 0 Å². The van der Waals surface area contributed by atoms with Crippen LogP contribution in [-0.4, -0.2) is 47.4 Å². The van der Waals surface area contributed by atoms with E-state index >= 15 is 0 Å². The van der Waals surface area contributed by atoms with Crippen LogP contribution in [0.2, 0.25) is 0 Å². The topological polar surface area (TPSA) is 49.9 Å². The van der Waals surface area contributed by atoms with Crippen LogP contribution in [0.15, 0.2) is 78.9 Å². The van der Waals surface area contributed by atoms with E-state index < -0.39 is 0 Å². The van der Waals surface area contributed by atoms with Crippen molar-refractivity contribution in [2.24, 2.45) is 0 Å². The molecule has 0 fully saturated rings. The highest BCUT2D eigenvalue weighted by atomic mass is 16.5. The Kier molecular flexibility index (Phi) is 5.26. The minimum atomic E-state index is -0.204. The molecular formula is C26H24N2O3. The van der Waals surface area contributed by atoms with E-state index in [9.17, 15) is 9.59 Å². The van der Waals surface area contributed by atoms with Crippen molar-refractivity contribution in [3.63, 3.8) is 0 Å². The van der Waals surface area contributed by atoms with Crippen LogP contribution in [0.25, 0.3) is 0 Å². The molecule has 5 rings (SSSR count). The molecule has 2 amide bonds. The molecule has 5 nitrogen and oxygen atoms in total. The van der Waals surface area contributed by atoms with E-state index in [2.05, 4.69) is 23.1 Å². The molecule has 31 heavy (non-hydrogen) atoms. The van der Waals surface area contributed by atoms with Gasteiger partial charge in [0.25, 0.3) is 11.8 Å². The lowest BCUT2D eigenvalue weighted by Gasteiger charge is -2.27. The smallest absolute Gasteiger partial charge is 0.261 e. The van der Waals surface area contributed by atoms with Crippen molar-refractivity contribution in [3.8, 4) is 5.75 Å². The van der Waals surface area contributed by atoms with Gasteiger partial charge in [-0.3, -0.25) is 19.4 Å². The van der Waals surface area contributed by atoms with Gasteiger partial charge in [0, 0.05) is 32.6 Å². The van der Waals surface area contributed by atoms with Crippen molar-refractivity contribution in [2.45, 2.75) is 19.1 Å². The van der Waals surface area contributed by atoms with E-state index in [-0.39, 0.29) is 17.9 Å². The van der Waals surface area contributed by atoms with Gasteiger partial charge in [-0.05, 0) is 29.3 Å².